The fraction of sp³-hybridized carbons (Fsp3) is 0.458. The van der Waals surface area contributed by atoms with Crippen molar-refractivity contribution in [2.45, 2.75) is 32.9 Å². The van der Waals surface area contributed by atoms with Gasteiger partial charge >= 0.3 is 0 Å². The van der Waals surface area contributed by atoms with Gasteiger partial charge in [0.2, 0.25) is 0 Å². The molecule has 164 valence electrons. The molecule has 1 amide bonds. The van der Waals surface area contributed by atoms with E-state index >= 15 is 0 Å². The van der Waals surface area contributed by atoms with Crippen LogP contribution in [0.4, 0.5) is 0 Å². The Balaban J connectivity index is 1.17. The first kappa shape index (κ1) is 21.5. The normalized spacial score (nSPS) is 15.6. The lowest BCUT2D eigenvalue weighted by Gasteiger charge is -2.34. The first-order valence-corrected chi connectivity index (χ1v) is 11.2. The summed E-state index contributed by atoms with van der Waals surface area (Å²) in [5.41, 5.74) is 2.78. The standard InChI is InChI=1S/C24H32N6O/c1-19(2)30-23-21(17-27-30)15-22(16-26-23)24(31)25-9-6-10-28-11-13-29(14-12-28)18-20-7-4-3-5-8-20/h3-5,7-8,15-17,19H,6,9-14,18H2,1-2H3,(H,25,31). The molecule has 3 aromatic rings. The zero-order valence-electron chi connectivity index (χ0n) is 18.5. The number of rotatable bonds is 8. The smallest absolute Gasteiger partial charge is 0.252 e. The van der Waals surface area contributed by atoms with Crippen molar-refractivity contribution in [1.29, 1.82) is 0 Å². The molecule has 1 aliphatic heterocycles. The number of nitrogens with zero attached hydrogens (tertiary/aromatic N) is 5. The topological polar surface area (TPSA) is 66.3 Å². The lowest BCUT2D eigenvalue weighted by Crippen LogP contribution is -2.46. The van der Waals surface area contributed by atoms with Crippen LogP contribution in [0.5, 0.6) is 0 Å². The minimum absolute atomic E-state index is 0.0700. The summed E-state index contributed by atoms with van der Waals surface area (Å²) in [5.74, 6) is -0.0700. The third-order valence-corrected chi connectivity index (χ3v) is 5.84. The van der Waals surface area contributed by atoms with Gasteiger partial charge in [0.05, 0.1) is 11.8 Å². The van der Waals surface area contributed by atoms with Crippen LogP contribution in [0.2, 0.25) is 0 Å². The van der Waals surface area contributed by atoms with Crippen LogP contribution in [0.3, 0.4) is 0 Å². The molecule has 1 N–H and O–H groups in total. The fourth-order valence-corrected chi connectivity index (χ4v) is 4.06. The van der Waals surface area contributed by atoms with E-state index in [-0.39, 0.29) is 11.9 Å². The van der Waals surface area contributed by atoms with Crippen molar-refractivity contribution in [3.8, 4) is 0 Å². The molecule has 0 saturated carbocycles. The minimum Gasteiger partial charge on any atom is -0.352 e. The van der Waals surface area contributed by atoms with E-state index in [4.69, 9.17) is 0 Å². The highest BCUT2D eigenvalue weighted by Crippen LogP contribution is 2.16. The Kier molecular flexibility index (Phi) is 6.94. The Morgan fingerprint density at radius 1 is 1.06 bits per heavy atom. The molecule has 7 nitrogen and oxygen atoms in total. The number of hydrogen-bond acceptors (Lipinski definition) is 5. The van der Waals surface area contributed by atoms with Crippen molar-refractivity contribution < 1.29 is 4.79 Å². The number of carbonyl (C=O) groups is 1. The average Bonchev–Trinajstić information content (AvgIpc) is 3.22. The molecule has 1 saturated heterocycles. The summed E-state index contributed by atoms with van der Waals surface area (Å²) in [6.45, 7) is 11.2. The maximum Gasteiger partial charge on any atom is 0.252 e. The molecule has 1 aliphatic rings. The highest BCUT2D eigenvalue weighted by molar-refractivity contribution is 5.96. The van der Waals surface area contributed by atoms with Gasteiger partial charge in [0, 0.05) is 56.9 Å². The number of aromatic nitrogens is 3. The minimum atomic E-state index is -0.0700. The number of fused-ring (bicyclic) bond motifs is 1. The van der Waals surface area contributed by atoms with Gasteiger partial charge in [-0.2, -0.15) is 5.10 Å². The third kappa shape index (κ3) is 5.48. The zero-order chi connectivity index (χ0) is 21.6. The van der Waals surface area contributed by atoms with E-state index in [9.17, 15) is 4.79 Å². The second-order valence-corrected chi connectivity index (χ2v) is 8.53. The van der Waals surface area contributed by atoms with Gasteiger partial charge in [-0.05, 0) is 38.4 Å². The van der Waals surface area contributed by atoms with Crippen LogP contribution in [-0.4, -0.2) is 69.7 Å². The molecule has 31 heavy (non-hydrogen) atoms. The second-order valence-electron chi connectivity index (χ2n) is 8.53. The largest absolute Gasteiger partial charge is 0.352 e. The van der Waals surface area contributed by atoms with E-state index in [1.807, 2.05) is 10.7 Å². The fourth-order valence-electron chi connectivity index (χ4n) is 4.06. The van der Waals surface area contributed by atoms with Crippen molar-refractivity contribution >= 4 is 16.9 Å². The third-order valence-electron chi connectivity index (χ3n) is 5.84. The highest BCUT2D eigenvalue weighted by Gasteiger charge is 2.17. The Bertz CT molecular complexity index is 992. The zero-order valence-corrected chi connectivity index (χ0v) is 18.5. The lowest BCUT2D eigenvalue weighted by molar-refractivity contribution is 0.0947. The Labute approximate surface area is 184 Å². The van der Waals surface area contributed by atoms with E-state index in [1.165, 1.54) is 5.56 Å². The highest BCUT2D eigenvalue weighted by atomic mass is 16.1. The molecule has 1 aromatic carbocycles. The van der Waals surface area contributed by atoms with Crippen molar-refractivity contribution in [3.63, 3.8) is 0 Å². The molecule has 2 aromatic heterocycles. The van der Waals surface area contributed by atoms with Crippen molar-refractivity contribution in [2.75, 3.05) is 39.3 Å². The van der Waals surface area contributed by atoms with Gasteiger partial charge in [-0.1, -0.05) is 30.3 Å². The quantitative estimate of drug-likeness (QED) is 0.568. The van der Waals surface area contributed by atoms with Gasteiger partial charge in [0.15, 0.2) is 5.65 Å². The number of nitrogens with one attached hydrogen (secondary N) is 1. The number of benzene rings is 1. The number of hydrogen-bond donors (Lipinski definition) is 1. The van der Waals surface area contributed by atoms with Crippen LogP contribution in [-0.2, 0) is 6.54 Å². The number of carbonyl (C=O) groups excluding carboxylic acids is 1. The number of amides is 1. The monoisotopic (exact) mass is 420 g/mol. The molecule has 0 radical (unpaired) electrons. The Hall–Kier alpha value is -2.77. The predicted molar refractivity (Wildman–Crippen MR) is 123 cm³/mol. The van der Waals surface area contributed by atoms with Gasteiger partial charge < -0.3 is 10.2 Å². The molecule has 7 heteroatoms. The molecule has 4 rings (SSSR count). The molecule has 1 fully saturated rings. The maximum absolute atomic E-state index is 12.5. The van der Waals surface area contributed by atoms with Crippen LogP contribution < -0.4 is 5.32 Å². The van der Waals surface area contributed by atoms with Gasteiger partial charge in [0.25, 0.3) is 5.91 Å². The molecule has 0 aliphatic carbocycles. The van der Waals surface area contributed by atoms with Crippen LogP contribution in [0, 0.1) is 0 Å². The summed E-state index contributed by atoms with van der Waals surface area (Å²) in [6, 6.07) is 12.8. The number of piperazine rings is 1. The second kappa shape index (κ2) is 10.0. The van der Waals surface area contributed by atoms with Gasteiger partial charge in [-0.3, -0.25) is 9.69 Å². The van der Waals surface area contributed by atoms with Crippen LogP contribution in [0.25, 0.3) is 11.0 Å². The Morgan fingerprint density at radius 2 is 1.81 bits per heavy atom. The lowest BCUT2D eigenvalue weighted by atomic mass is 10.2. The maximum atomic E-state index is 12.5. The van der Waals surface area contributed by atoms with E-state index in [0.29, 0.717) is 12.1 Å². The molecule has 3 heterocycles. The van der Waals surface area contributed by atoms with Gasteiger partial charge in [0.1, 0.15) is 0 Å². The number of pyridine rings is 1. The van der Waals surface area contributed by atoms with E-state index in [1.54, 1.807) is 12.4 Å². The predicted octanol–water partition coefficient (Wildman–Crippen LogP) is 2.95. The van der Waals surface area contributed by atoms with Gasteiger partial charge in [-0.15, -0.1) is 0 Å². The molecule has 0 bridgehead atoms. The molecule has 0 unspecified atom stereocenters. The first-order chi connectivity index (χ1) is 15.1. The summed E-state index contributed by atoms with van der Waals surface area (Å²) >= 11 is 0. The summed E-state index contributed by atoms with van der Waals surface area (Å²) in [5, 5.41) is 8.29. The van der Waals surface area contributed by atoms with Crippen LogP contribution >= 0.6 is 0 Å². The van der Waals surface area contributed by atoms with Crippen molar-refractivity contribution in [2.24, 2.45) is 0 Å². The first-order valence-electron chi connectivity index (χ1n) is 11.2. The summed E-state index contributed by atoms with van der Waals surface area (Å²) in [4.78, 5) is 21.9. The summed E-state index contributed by atoms with van der Waals surface area (Å²) in [6.07, 6.45) is 4.37. The average molecular weight is 421 g/mol. The molecule has 0 spiro atoms. The Morgan fingerprint density at radius 3 is 2.55 bits per heavy atom. The molecule has 0 atom stereocenters. The van der Waals surface area contributed by atoms with E-state index < -0.39 is 0 Å². The molecular weight excluding hydrogens is 388 g/mol. The summed E-state index contributed by atoms with van der Waals surface area (Å²) in [7, 11) is 0. The van der Waals surface area contributed by atoms with Crippen LogP contribution in [0.1, 0.15) is 42.2 Å². The van der Waals surface area contributed by atoms with E-state index in [0.717, 1.165) is 56.7 Å². The van der Waals surface area contributed by atoms with E-state index in [2.05, 4.69) is 69.4 Å². The molecular formula is C24H32N6O. The van der Waals surface area contributed by atoms with Gasteiger partial charge in [-0.25, -0.2) is 9.67 Å². The summed E-state index contributed by atoms with van der Waals surface area (Å²) < 4.78 is 1.87. The van der Waals surface area contributed by atoms with Crippen LogP contribution in [0.15, 0.2) is 48.8 Å². The van der Waals surface area contributed by atoms with Crippen molar-refractivity contribution in [1.82, 2.24) is 29.9 Å². The SMILES string of the molecule is CC(C)n1ncc2cc(C(=O)NCCCN3CCN(Cc4ccccc4)CC3)cnc21. The van der Waals surface area contributed by atoms with Crippen molar-refractivity contribution in [3.05, 3.63) is 59.9 Å².